The summed E-state index contributed by atoms with van der Waals surface area (Å²) in [4.78, 5) is 26.2. The molecule has 1 aliphatic carbocycles. The Balaban J connectivity index is 1.41. The van der Waals surface area contributed by atoms with Gasteiger partial charge >= 0.3 is 6.09 Å². The van der Waals surface area contributed by atoms with E-state index in [4.69, 9.17) is 9.84 Å². The monoisotopic (exact) mass is 484 g/mol. The highest BCUT2D eigenvalue weighted by Crippen LogP contribution is 2.35. The Morgan fingerprint density at radius 1 is 1.23 bits per heavy atom. The molecule has 1 saturated heterocycles. The molecular formula is C27H40N4O4. The van der Waals surface area contributed by atoms with Crippen LogP contribution in [0.25, 0.3) is 10.9 Å². The number of benzene rings is 1. The first-order chi connectivity index (χ1) is 16.5. The number of hydrogen-bond acceptors (Lipinski definition) is 4. The molecule has 1 saturated carbocycles. The zero-order valence-corrected chi connectivity index (χ0v) is 21.7. The van der Waals surface area contributed by atoms with E-state index in [1.54, 1.807) is 4.90 Å². The number of piperidine rings is 1. The van der Waals surface area contributed by atoms with Crippen molar-refractivity contribution in [2.75, 3.05) is 19.7 Å². The van der Waals surface area contributed by atoms with Crippen LogP contribution in [0, 0.1) is 24.2 Å². The van der Waals surface area contributed by atoms with Gasteiger partial charge in [0.1, 0.15) is 0 Å². The lowest BCUT2D eigenvalue weighted by Gasteiger charge is -2.44. The lowest BCUT2D eigenvalue weighted by molar-refractivity contribution is 0.0367. The van der Waals surface area contributed by atoms with Crippen molar-refractivity contribution >= 4 is 22.9 Å². The second-order valence-corrected chi connectivity index (χ2v) is 11.6. The van der Waals surface area contributed by atoms with Crippen LogP contribution < -0.4 is 5.32 Å². The predicted molar refractivity (Wildman–Crippen MR) is 136 cm³/mol. The van der Waals surface area contributed by atoms with Crippen molar-refractivity contribution in [1.82, 2.24) is 20.0 Å². The fraction of sp³-hybridized carbons (Fsp3) is 0.667. The van der Waals surface area contributed by atoms with E-state index in [0.29, 0.717) is 30.5 Å². The standard InChI is InChI=1S/C27H40N4O4/c1-17(35-16-19-6-7-19)13-28-25(32)21-8-9-23-22(18(21)2)15-30(29-23)14-20-10-11-31(26(33)34)24(12-20)27(3,4)5/h8-9,15,17,19-20,24H,6-7,10-14,16H2,1-5H3,(H,28,32)(H,33,34). The number of rotatable bonds is 8. The quantitative estimate of drug-likeness (QED) is 0.566. The average molecular weight is 485 g/mol. The number of carbonyl (C=O) groups is 2. The number of likely N-dealkylation sites (tertiary alicyclic amines) is 1. The first-order valence-electron chi connectivity index (χ1n) is 12.9. The fourth-order valence-electron chi connectivity index (χ4n) is 5.11. The van der Waals surface area contributed by atoms with Gasteiger partial charge in [-0.15, -0.1) is 0 Å². The van der Waals surface area contributed by atoms with Crippen molar-refractivity contribution in [1.29, 1.82) is 0 Å². The molecule has 35 heavy (non-hydrogen) atoms. The van der Waals surface area contributed by atoms with Gasteiger partial charge in [-0.1, -0.05) is 20.8 Å². The van der Waals surface area contributed by atoms with E-state index in [2.05, 4.69) is 26.1 Å². The molecule has 8 heteroatoms. The van der Waals surface area contributed by atoms with E-state index >= 15 is 0 Å². The third-order valence-corrected chi connectivity index (χ3v) is 7.52. The van der Waals surface area contributed by atoms with Crippen molar-refractivity contribution in [2.45, 2.75) is 79.0 Å². The van der Waals surface area contributed by atoms with Gasteiger partial charge in [0.15, 0.2) is 0 Å². The van der Waals surface area contributed by atoms with Crippen molar-refractivity contribution in [2.24, 2.45) is 17.3 Å². The van der Waals surface area contributed by atoms with Gasteiger partial charge in [-0.25, -0.2) is 4.79 Å². The molecule has 3 unspecified atom stereocenters. The summed E-state index contributed by atoms with van der Waals surface area (Å²) in [6.45, 7) is 12.8. The van der Waals surface area contributed by atoms with E-state index in [1.807, 2.05) is 36.9 Å². The highest BCUT2D eigenvalue weighted by molar-refractivity contribution is 6.00. The molecular weight excluding hydrogens is 444 g/mol. The van der Waals surface area contributed by atoms with Gasteiger partial charge in [0.2, 0.25) is 0 Å². The predicted octanol–water partition coefficient (Wildman–Crippen LogP) is 4.69. The number of nitrogens with zero attached hydrogens (tertiary/aromatic N) is 3. The first kappa shape index (κ1) is 25.5. The molecule has 2 heterocycles. The van der Waals surface area contributed by atoms with Crippen LogP contribution in [0.5, 0.6) is 0 Å². The van der Waals surface area contributed by atoms with Gasteiger partial charge in [-0.2, -0.15) is 5.10 Å². The number of aromatic nitrogens is 2. The van der Waals surface area contributed by atoms with Crippen LogP contribution in [-0.4, -0.2) is 63.6 Å². The molecule has 4 rings (SSSR count). The van der Waals surface area contributed by atoms with E-state index in [-0.39, 0.29) is 23.5 Å². The summed E-state index contributed by atoms with van der Waals surface area (Å²) in [6, 6.07) is 3.74. The highest BCUT2D eigenvalue weighted by atomic mass is 16.5. The SMILES string of the molecule is Cc1c(C(=O)NCC(C)OCC2CC2)ccc2nn(CC3CCN(C(=O)O)C(C(C)(C)C)C3)cc12. The molecule has 1 aliphatic heterocycles. The van der Waals surface area contributed by atoms with Crippen LogP contribution >= 0.6 is 0 Å². The van der Waals surface area contributed by atoms with Gasteiger partial charge in [0.25, 0.3) is 5.91 Å². The average Bonchev–Trinajstić information content (AvgIpc) is 3.53. The van der Waals surface area contributed by atoms with Crippen LogP contribution in [0.15, 0.2) is 18.3 Å². The van der Waals surface area contributed by atoms with Crippen LogP contribution in [0.4, 0.5) is 4.79 Å². The number of amides is 2. The van der Waals surface area contributed by atoms with Crippen LogP contribution in [-0.2, 0) is 11.3 Å². The van der Waals surface area contributed by atoms with Crippen LogP contribution in [0.2, 0.25) is 0 Å². The second-order valence-electron chi connectivity index (χ2n) is 11.6. The van der Waals surface area contributed by atoms with Crippen molar-refractivity contribution in [3.05, 3.63) is 29.5 Å². The van der Waals surface area contributed by atoms with E-state index in [0.717, 1.165) is 42.5 Å². The molecule has 2 aliphatic rings. The maximum atomic E-state index is 12.9. The summed E-state index contributed by atoms with van der Waals surface area (Å²) >= 11 is 0. The number of hydrogen-bond donors (Lipinski definition) is 2. The maximum Gasteiger partial charge on any atom is 0.407 e. The van der Waals surface area contributed by atoms with Crippen LogP contribution in [0.3, 0.4) is 0 Å². The Bertz CT molecular complexity index is 1070. The molecule has 3 atom stereocenters. The van der Waals surface area contributed by atoms with Crippen molar-refractivity contribution < 1.29 is 19.4 Å². The normalized spacial score (nSPS) is 21.8. The number of carboxylic acid groups (broad SMARTS) is 1. The summed E-state index contributed by atoms with van der Waals surface area (Å²) in [5, 5.41) is 18.4. The molecule has 0 spiro atoms. The zero-order chi connectivity index (χ0) is 25.3. The summed E-state index contributed by atoms with van der Waals surface area (Å²) < 4.78 is 7.78. The number of ether oxygens (including phenoxy) is 1. The summed E-state index contributed by atoms with van der Waals surface area (Å²) in [5.74, 6) is 0.968. The Hall–Kier alpha value is -2.61. The molecule has 0 radical (unpaired) electrons. The third kappa shape index (κ3) is 6.15. The molecule has 2 fully saturated rings. The smallest absolute Gasteiger partial charge is 0.407 e. The van der Waals surface area contributed by atoms with Crippen molar-refractivity contribution in [3.8, 4) is 0 Å². The van der Waals surface area contributed by atoms with Gasteiger partial charge in [-0.05, 0) is 74.5 Å². The lowest BCUT2D eigenvalue weighted by Crippen LogP contribution is -2.52. The Morgan fingerprint density at radius 2 is 1.97 bits per heavy atom. The molecule has 0 bridgehead atoms. The van der Waals surface area contributed by atoms with E-state index in [9.17, 15) is 14.7 Å². The third-order valence-electron chi connectivity index (χ3n) is 7.52. The minimum absolute atomic E-state index is 0.00388. The molecule has 192 valence electrons. The van der Waals surface area contributed by atoms with Gasteiger partial charge in [0, 0.05) is 49.4 Å². The zero-order valence-electron chi connectivity index (χ0n) is 21.7. The highest BCUT2D eigenvalue weighted by Gasteiger charge is 2.38. The Morgan fingerprint density at radius 3 is 2.63 bits per heavy atom. The minimum atomic E-state index is -0.835. The largest absolute Gasteiger partial charge is 0.465 e. The lowest BCUT2D eigenvalue weighted by atomic mass is 9.77. The van der Waals surface area contributed by atoms with E-state index in [1.165, 1.54) is 12.8 Å². The summed E-state index contributed by atoms with van der Waals surface area (Å²) in [7, 11) is 0. The second kappa shape index (κ2) is 10.2. The molecule has 2 amide bonds. The number of carbonyl (C=O) groups excluding carboxylic acids is 1. The van der Waals surface area contributed by atoms with Crippen molar-refractivity contribution in [3.63, 3.8) is 0 Å². The fourth-order valence-corrected chi connectivity index (χ4v) is 5.11. The first-order valence-corrected chi connectivity index (χ1v) is 12.9. The van der Waals surface area contributed by atoms with Gasteiger partial charge in [-0.3, -0.25) is 9.48 Å². The van der Waals surface area contributed by atoms with Gasteiger partial charge < -0.3 is 20.1 Å². The summed E-state index contributed by atoms with van der Waals surface area (Å²) in [5.41, 5.74) is 2.33. The van der Waals surface area contributed by atoms with Gasteiger partial charge in [0.05, 0.1) is 11.6 Å². The summed E-state index contributed by atoms with van der Waals surface area (Å²) in [6.07, 6.45) is 5.34. The Kier molecular flexibility index (Phi) is 7.40. The molecule has 8 nitrogen and oxygen atoms in total. The molecule has 2 aromatic rings. The molecule has 1 aromatic heterocycles. The minimum Gasteiger partial charge on any atom is -0.465 e. The number of nitrogens with one attached hydrogen (secondary N) is 1. The topological polar surface area (TPSA) is 96.7 Å². The van der Waals surface area contributed by atoms with E-state index < -0.39 is 6.09 Å². The maximum absolute atomic E-state index is 12.9. The molecule has 2 N–H and O–H groups in total. The van der Waals surface area contributed by atoms with Crippen LogP contribution in [0.1, 0.15) is 69.3 Å². The Labute approximate surface area is 208 Å². The number of fused-ring (bicyclic) bond motifs is 1. The number of aryl methyl sites for hydroxylation is 1. The molecule has 1 aromatic carbocycles.